The van der Waals surface area contributed by atoms with E-state index in [1.54, 1.807) is 7.11 Å². The second-order valence-electron chi connectivity index (χ2n) is 4.41. The van der Waals surface area contributed by atoms with E-state index in [9.17, 15) is 0 Å². The zero-order chi connectivity index (χ0) is 12.4. The first kappa shape index (κ1) is 10.9. The van der Waals surface area contributed by atoms with Gasteiger partial charge in [-0.25, -0.2) is 0 Å². The topological polar surface area (TPSA) is 25.0 Å². The maximum Gasteiger partial charge on any atom is 0.119 e. The second-order valence-corrected chi connectivity index (χ2v) is 4.41. The molecule has 3 rings (SSSR count). The molecule has 0 aliphatic rings. The summed E-state index contributed by atoms with van der Waals surface area (Å²) in [6.07, 6.45) is 0.928. The Morgan fingerprint density at radius 1 is 1.00 bits per heavy atom. The zero-order valence-electron chi connectivity index (χ0n) is 10.3. The molecule has 2 heteroatoms. The number of methoxy groups -OCH3 is 1. The van der Waals surface area contributed by atoms with Crippen molar-refractivity contribution < 1.29 is 4.74 Å². The lowest BCUT2D eigenvalue weighted by molar-refractivity contribution is 0.415. The Bertz CT molecular complexity index is 655. The Hall–Kier alpha value is -2.22. The van der Waals surface area contributed by atoms with E-state index >= 15 is 0 Å². The SMILES string of the molecule is COc1ccc2[nH]c(Cc3ccccc3)cc2c1. The Labute approximate surface area is 106 Å². The van der Waals surface area contributed by atoms with E-state index in [1.807, 2.05) is 12.1 Å². The van der Waals surface area contributed by atoms with Gasteiger partial charge in [0.15, 0.2) is 0 Å². The van der Waals surface area contributed by atoms with Crippen LogP contribution in [0, 0.1) is 0 Å². The molecular weight excluding hydrogens is 222 g/mol. The fourth-order valence-corrected chi connectivity index (χ4v) is 2.21. The lowest BCUT2D eigenvalue weighted by atomic mass is 10.1. The highest BCUT2D eigenvalue weighted by Gasteiger charge is 2.03. The van der Waals surface area contributed by atoms with Crippen molar-refractivity contribution in [1.29, 1.82) is 0 Å². The van der Waals surface area contributed by atoms with Gasteiger partial charge in [-0.2, -0.15) is 0 Å². The van der Waals surface area contributed by atoms with Crippen molar-refractivity contribution in [2.45, 2.75) is 6.42 Å². The first-order valence-electron chi connectivity index (χ1n) is 6.05. The molecule has 1 aromatic heterocycles. The van der Waals surface area contributed by atoms with Crippen LogP contribution in [0.25, 0.3) is 10.9 Å². The first-order chi connectivity index (χ1) is 8.85. The highest BCUT2D eigenvalue weighted by Crippen LogP contribution is 2.22. The lowest BCUT2D eigenvalue weighted by Crippen LogP contribution is -1.86. The molecule has 18 heavy (non-hydrogen) atoms. The fraction of sp³-hybridized carbons (Fsp3) is 0.125. The van der Waals surface area contributed by atoms with Crippen molar-refractivity contribution in [2.75, 3.05) is 7.11 Å². The van der Waals surface area contributed by atoms with Crippen molar-refractivity contribution in [1.82, 2.24) is 4.98 Å². The molecule has 0 atom stereocenters. The van der Waals surface area contributed by atoms with Gasteiger partial charge in [-0.3, -0.25) is 0 Å². The predicted molar refractivity (Wildman–Crippen MR) is 74.1 cm³/mol. The molecule has 0 aliphatic carbocycles. The van der Waals surface area contributed by atoms with Crippen LogP contribution in [-0.2, 0) is 6.42 Å². The second kappa shape index (κ2) is 4.57. The molecule has 0 unspecified atom stereocenters. The van der Waals surface area contributed by atoms with Crippen LogP contribution in [0.3, 0.4) is 0 Å². The summed E-state index contributed by atoms with van der Waals surface area (Å²) in [5.74, 6) is 0.896. The summed E-state index contributed by atoms with van der Waals surface area (Å²) < 4.78 is 5.24. The van der Waals surface area contributed by atoms with Crippen LogP contribution in [0.1, 0.15) is 11.3 Å². The van der Waals surface area contributed by atoms with Crippen molar-refractivity contribution >= 4 is 10.9 Å². The molecule has 1 heterocycles. The highest BCUT2D eigenvalue weighted by molar-refractivity contribution is 5.82. The van der Waals surface area contributed by atoms with Gasteiger partial charge in [-0.15, -0.1) is 0 Å². The Kier molecular flexibility index (Phi) is 2.77. The Morgan fingerprint density at radius 3 is 2.61 bits per heavy atom. The number of benzene rings is 2. The summed E-state index contributed by atoms with van der Waals surface area (Å²) in [6, 6.07) is 18.7. The summed E-state index contributed by atoms with van der Waals surface area (Å²) >= 11 is 0. The monoisotopic (exact) mass is 237 g/mol. The van der Waals surface area contributed by atoms with Crippen LogP contribution in [0.4, 0.5) is 0 Å². The van der Waals surface area contributed by atoms with Crippen LogP contribution in [0.15, 0.2) is 54.6 Å². The Morgan fingerprint density at radius 2 is 1.83 bits per heavy atom. The Balaban J connectivity index is 1.94. The first-order valence-corrected chi connectivity index (χ1v) is 6.05. The van der Waals surface area contributed by atoms with Crippen LogP contribution in [0.5, 0.6) is 5.75 Å². The molecule has 0 radical (unpaired) electrons. The minimum atomic E-state index is 0.896. The zero-order valence-corrected chi connectivity index (χ0v) is 10.3. The molecule has 1 N–H and O–H groups in total. The maximum atomic E-state index is 5.24. The molecule has 90 valence electrons. The summed E-state index contributed by atoms with van der Waals surface area (Å²) in [5.41, 5.74) is 3.70. The number of ether oxygens (including phenoxy) is 1. The summed E-state index contributed by atoms with van der Waals surface area (Å²) in [7, 11) is 1.69. The molecule has 2 aromatic carbocycles. The molecule has 0 spiro atoms. The number of nitrogens with one attached hydrogen (secondary N) is 1. The maximum absolute atomic E-state index is 5.24. The largest absolute Gasteiger partial charge is 0.497 e. The van der Waals surface area contributed by atoms with Crippen molar-refractivity contribution in [3.63, 3.8) is 0 Å². The van der Waals surface area contributed by atoms with Crippen molar-refractivity contribution in [2.24, 2.45) is 0 Å². The molecule has 0 bridgehead atoms. The van der Waals surface area contributed by atoms with E-state index in [-0.39, 0.29) is 0 Å². The van der Waals surface area contributed by atoms with Gasteiger partial charge in [-0.1, -0.05) is 30.3 Å². The summed E-state index contributed by atoms with van der Waals surface area (Å²) in [5, 5.41) is 1.19. The quantitative estimate of drug-likeness (QED) is 0.737. The van der Waals surface area contributed by atoms with E-state index < -0.39 is 0 Å². The van der Waals surface area contributed by atoms with Crippen LogP contribution >= 0.6 is 0 Å². The van der Waals surface area contributed by atoms with Gasteiger partial charge in [0.05, 0.1) is 7.11 Å². The van der Waals surface area contributed by atoms with Gasteiger partial charge in [0.25, 0.3) is 0 Å². The highest BCUT2D eigenvalue weighted by atomic mass is 16.5. The molecular formula is C16H15NO. The van der Waals surface area contributed by atoms with E-state index in [2.05, 4.69) is 47.4 Å². The average molecular weight is 237 g/mol. The normalized spacial score (nSPS) is 10.7. The number of hydrogen-bond donors (Lipinski definition) is 1. The van der Waals surface area contributed by atoms with Crippen molar-refractivity contribution in [3.05, 3.63) is 65.9 Å². The third kappa shape index (κ3) is 2.09. The molecule has 0 saturated carbocycles. The van der Waals surface area contributed by atoms with E-state index in [0.29, 0.717) is 0 Å². The molecule has 0 saturated heterocycles. The average Bonchev–Trinajstić information content (AvgIpc) is 2.80. The third-order valence-electron chi connectivity index (χ3n) is 3.12. The molecule has 0 aliphatic heterocycles. The fourth-order valence-electron chi connectivity index (χ4n) is 2.21. The number of H-pyrrole nitrogens is 1. The smallest absolute Gasteiger partial charge is 0.119 e. The van der Waals surface area contributed by atoms with Crippen molar-refractivity contribution in [3.8, 4) is 5.75 Å². The summed E-state index contributed by atoms with van der Waals surface area (Å²) in [4.78, 5) is 3.44. The number of fused-ring (bicyclic) bond motifs is 1. The van der Waals surface area contributed by atoms with E-state index in [0.717, 1.165) is 17.7 Å². The number of hydrogen-bond acceptors (Lipinski definition) is 1. The van der Waals surface area contributed by atoms with Gasteiger partial charge < -0.3 is 9.72 Å². The standard InChI is InChI=1S/C16H15NO/c1-18-15-7-8-16-13(11-15)10-14(17-16)9-12-5-3-2-4-6-12/h2-8,10-11,17H,9H2,1H3. The van der Waals surface area contributed by atoms with E-state index in [1.165, 1.54) is 16.6 Å². The molecule has 0 amide bonds. The van der Waals surface area contributed by atoms with Crippen LogP contribution in [0.2, 0.25) is 0 Å². The van der Waals surface area contributed by atoms with E-state index in [4.69, 9.17) is 4.74 Å². The molecule has 3 aromatic rings. The molecule has 0 fully saturated rings. The summed E-state index contributed by atoms with van der Waals surface area (Å²) in [6.45, 7) is 0. The van der Waals surface area contributed by atoms with Gasteiger partial charge in [0.1, 0.15) is 5.75 Å². The molecule has 2 nitrogen and oxygen atoms in total. The van der Waals surface area contributed by atoms with Crippen LogP contribution < -0.4 is 4.74 Å². The number of aromatic amines is 1. The number of aromatic nitrogens is 1. The third-order valence-corrected chi connectivity index (χ3v) is 3.12. The lowest BCUT2D eigenvalue weighted by Gasteiger charge is -1.97. The van der Waals surface area contributed by atoms with Gasteiger partial charge in [0.2, 0.25) is 0 Å². The minimum absolute atomic E-state index is 0.896. The van der Waals surface area contributed by atoms with Crippen LogP contribution in [-0.4, -0.2) is 12.1 Å². The van der Waals surface area contributed by atoms with Gasteiger partial charge >= 0.3 is 0 Å². The predicted octanol–water partition coefficient (Wildman–Crippen LogP) is 3.77. The van der Waals surface area contributed by atoms with Gasteiger partial charge in [-0.05, 0) is 29.8 Å². The minimum Gasteiger partial charge on any atom is -0.497 e. The number of rotatable bonds is 3. The van der Waals surface area contributed by atoms with Gasteiger partial charge in [0, 0.05) is 23.0 Å².